The number of anilines is 1. The van der Waals surface area contributed by atoms with Crippen LogP contribution in [0.15, 0.2) is 47.8 Å². The number of carbonyl (C=O) groups is 1. The molecule has 7 nitrogen and oxygen atoms in total. The van der Waals surface area contributed by atoms with Gasteiger partial charge in [-0.2, -0.15) is 0 Å². The van der Waals surface area contributed by atoms with Gasteiger partial charge in [0.25, 0.3) is 0 Å². The molecule has 0 bridgehead atoms. The number of nitrogens with two attached hydrogens (primary N) is 1. The molecule has 3 aromatic rings. The Balaban J connectivity index is 1.64. The van der Waals surface area contributed by atoms with Crippen molar-refractivity contribution in [1.29, 1.82) is 0 Å². The first-order valence-electron chi connectivity index (χ1n) is 8.59. The van der Waals surface area contributed by atoms with E-state index in [0.717, 1.165) is 5.56 Å². The molecular weight excluding hydrogens is 396 g/mol. The van der Waals surface area contributed by atoms with Crippen molar-refractivity contribution in [3.63, 3.8) is 0 Å². The predicted octanol–water partition coefficient (Wildman–Crippen LogP) is 3.74. The fourth-order valence-electron chi connectivity index (χ4n) is 2.45. The number of nitrogen functional groups attached to an aromatic ring is 1. The zero-order valence-corrected chi connectivity index (χ0v) is 17.4. The van der Waals surface area contributed by atoms with Crippen molar-refractivity contribution >= 4 is 35.1 Å². The highest BCUT2D eigenvalue weighted by Gasteiger charge is 2.16. The quantitative estimate of drug-likeness (QED) is 0.485. The maximum Gasteiger partial charge on any atom is 0.236 e. The molecule has 0 aliphatic carbocycles. The molecule has 9 heteroatoms. The molecule has 3 N–H and O–H groups in total. The number of rotatable bonds is 5. The van der Waals surface area contributed by atoms with Crippen LogP contribution < -0.4 is 11.2 Å². The normalized spacial score (nSPS) is 11.4. The van der Waals surface area contributed by atoms with Crippen molar-refractivity contribution in [1.82, 2.24) is 19.9 Å². The summed E-state index contributed by atoms with van der Waals surface area (Å²) >= 11 is 6.98. The monoisotopic (exact) mass is 416 g/mol. The lowest BCUT2D eigenvalue weighted by molar-refractivity contribution is -0.113. The van der Waals surface area contributed by atoms with Crippen molar-refractivity contribution < 1.29 is 4.79 Å². The molecule has 146 valence electrons. The van der Waals surface area contributed by atoms with Crippen LogP contribution in [0.3, 0.4) is 0 Å². The number of nitrogens with zero attached hydrogens (tertiary/aromatic N) is 4. The lowest BCUT2D eigenvalue weighted by atomic mass is 9.87. The number of halogens is 1. The largest absolute Gasteiger partial charge is 0.335 e. The van der Waals surface area contributed by atoms with E-state index in [0.29, 0.717) is 21.8 Å². The number of benzene rings is 1. The van der Waals surface area contributed by atoms with Gasteiger partial charge in [0.2, 0.25) is 11.1 Å². The van der Waals surface area contributed by atoms with Gasteiger partial charge in [-0.1, -0.05) is 68.4 Å². The molecule has 0 atom stereocenters. The molecule has 0 saturated heterocycles. The molecule has 0 aliphatic heterocycles. The third-order valence-corrected chi connectivity index (χ3v) is 5.17. The van der Waals surface area contributed by atoms with Gasteiger partial charge in [-0.3, -0.25) is 4.79 Å². The summed E-state index contributed by atoms with van der Waals surface area (Å²) in [6.07, 6.45) is 1.47. The van der Waals surface area contributed by atoms with E-state index >= 15 is 0 Å². The molecule has 0 spiro atoms. The maximum atomic E-state index is 12.1. The van der Waals surface area contributed by atoms with Crippen LogP contribution in [0.4, 0.5) is 5.82 Å². The maximum absolute atomic E-state index is 12.1. The minimum Gasteiger partial charge on any atom is -0.335 e. The number of aromatic nitrogens is 4. The Hall–Kier alpha value is -2.58. The first-order valence-corrected chi connectivity index (χ1v) is 9.96. The van der Waals surface area contributed by atoms with Crippen LogP contribution in [-0.4, -0.2) is 31.5 Å². The Morgan fingerprint density at radius 1 is 1.18 bits per heavy atom. The topological polar surface area (TPSA) is 98.7 Å². The van der Waals surface area contributed by atoms with Crippen LogP contribution >= 0.6 is 23.4 Å². The van der Waals surface area contributed by atoms with E-state index in [1.165, 1.54) is 28.2 Å². The van der Waals surface area contributed by atoms with E-state index in [9.17, 15) is 4.79 Å². The lowest BCUT2D eigenvalue weighted by Crippen LogP contribution is -2.17. The van der Waals surface area contributed by atoms with Crippen LogP contribution in [0.25, 0.3) is 11.4 Å². The van der Waals surface area contributed by atoms with Gasteiger partial charge >= 0.3 is 0 Å². The Kier molecular flexibility index (Phi) is 5.90. The van der Waals surface area contributed by atoms with Gasteiger partial charge in [0, 0.05) is 11.8 Å². The van der Waals surface area contributed by atoms with E-state index in [1.54, 1.807) is 12.1 Å². The molecule has 3 rings (SSSR count). The van der Waals surface area contributed by atoms with Gasteiger partial charge in [0.05, 0.1) is 10.8 Å². The highest BCUT2D eigenvalue weighted by Crippen LogP contribution is 2.26. The number of hydrogen-bond donors (Lipinski definition) is 2. The third-order valence-electron chi connectivity index (χ3n) is 4.00. The van der Waals surface area contributed by atoms with Gasteiger partial charge < -0.3 is 11.2 Å². The zero-order chi connectivity index (χ0) is 20.3. The number of hydrogen-bond acceptors (Lipinski definition) is 6. The summed E-state index contributed by atoms with van der Waals surface area (Å²) in [6.45, 7) is 6.48. The number of carbonyl (C=O) groups excluding carboxylic acids is 1. The molecule has 0 fully saturated rings. The second-order valence-corrected chi connectivity index (χ2v) is 8.58. The van der Waals surface area contributed by atoms with Gasteiger partial charge in [0.1, 0.15) is 5.82 Å². The van der Waals surface area contributed by atoms with Crippen LogP contribution in [0.5, 0.6) is 0 Å². The summed E-state index contributed by atoms with van der Waals surface area (Å²) in [5.41, 5.74) is 2.16. The highest BCUT2D eigenvalue weighted by atomic mass is 35.5. The number of pyridine rings is 1. The van der Waals surface area contributed by atoms with E-state index in [-0.39, 0.29) is 17.1 Å². The second-order valence-electron chi connectivity index (χ2n) is 7.20. The average Bonchev–Trinajstić information content (AvgIpc) is 3.02. The van der Waals surface area contributed by atoms with Crippen molar-refractivity contribution in [2.45, 2.75) is 31.3 Å². The predicted molar refractivity (Wildman–Crippen MR) is 113 cm³/mol. The second kappa shape index (κ2) is 8.20. The van der Waals surface area contributed by atoms with Crippen molar-refractivity contribution in [2.75, 3.05) is 16.9 Å². The molecule has 2 aromatic heterocycles. The van der Waals surface area contributed by atoms with Crippen LogP contribution in [0, 0.1) is 0 Å². The van der Waals surface area contributed by atoms with Crippen LogP contribution in [0.2, 0.25) is 5.02 Å². The van der Waals surface area contributed by atoms with E-state index in [2.05, 4.69) is 53.4 Å². The first kappa shape index (κ1) is 20.2. The summed E-state index contributed by atoms with van der Waals surface area (Å²) < 4.78 is 1.39. The fraction of sp³-hybridized carbons (Fsp3) is 0.263. The summed E-state index contributed by atoms with van der Waals surface area (Å²) in [7, 11) is 0. The highest BCUT2D eigenvalue weighted by molar-refractivity contribution is 7.99. The Bertz CT molecular complexity index is 964. The van der Waals surface area contributed by atoms with Crippen molar-refractivity contribution in [3.8, 4) is 11.4 Å². The first-order chi connectivity index (χ1) is 13.2. The fourth-order valence-corrected chi connectivity index (χ4v) is 3.22. The molecule has 0 unspecified atom stereocenters. The van der Waals surface area contributed by atoms with Gasteiger partial charge in [0.15, 0.2) is 5.82 Å². The minimum atomic E-state index is -0.223. The molecular formula is C19H21ClN6OS. The Morgan fingerprint density at radius 2 is 1.89 bits per heavy atom. The molecule has 1 aromatic carbocycles. The Labute approximate surface area is 172 Å². The minimum absolute atomic E-state index is 0.0717. The molecule has 28 heavy (non-hydrogen) atoms. The van der Waals surface area contributed by atoms with Crippen molar-refractivity contribution in [3.05, 3.63) is 53.2 Å². The SMILES string of the molecule is CC(C)(C)c1ccc(-c2nnc(SCC(=O)Nc3ccc(Cl)cn3)n2N)cc1. The number of nitrogens with one attached hydrogen (secondary N) is 1. The summed E-state index contributed by atoms with van der Waals surface area (Å²) in [6, 6.07) is 11.4. The van der Waals surface area contributed by atoms with E-state index < -0.39 is 0 Å². The Morgan fingerprint density at radius 3 is 2.50 bits per heavy atom. The van der Waals surface area contributed by atoms with Gasteiger partial charge in [-0.25, -0.2) is 9.66 Å². The number of amides is 1. The van der Waals surface area contributed by atoms with E-state index in [1.807, 2.05) is 12.1 Å². The molecule has 0 aliphatic rings. The third kappa shape index (κ3) is 4.82. The number of thioether (sulfide) groups is 1. The van der Waals surface area contributed by atoms with E-state index in [4.69, 9.17) is 17.4 Å². The summed E-state index contributed by atoms with van der Waals surface area (Å²) in [5, 5.41) is 11.9. The molecule has 2 heterocycles. The van der Waals surface area contributed by atoms with Gasteiger partial charge in [-0.15, -0.1) is 10.2 Å². The van der Waals surface area contributed by atoms with Gasteiger partial charge in [-0.05, 0) is 23.1 Å². The molecule has 0 radical (unpaired) electrons. The van der Waals surface area contributed by atoms with Crippen molar-refractivity contribution in [2.24, 2.45) is 0 Å². The zero-order valence-electron chi connectivity index (χ0n) is 15.8. The smallest absolute Gasteiger partial charge is 0.236 e. The summed E-state index contributed by atoms with van der Waals surface area (Å²) in [4.78, 5) is 16.1. The molecule has 1 amide bonds. The van der Waals surface area contributed by atoms with Crippen LogP contribution in [0.1, 0.15) is 26.3 Å². The molecule has 0 saturated carbocycles. The van der Waals surface area contributed by atoms with Crippen LogP contribution in [-0.2, 0) is 10.2 Å². The standard InChI is InChI=1S/C19H21ClN6OS/c1-19(2,3)13-6-4-12(5-7-13)17-24-25-18(26(17)21)28-11-16(27)23-15-9-8-14(20)10-22-15/h4-10H,11,21H2,1-3H3,(H,22,23,27). The average molecular weight is 417 g/mol. The summed E-state index contributed by atoms with van der Waals surface area (Å²) in [5.74, 6) is 7.01. The lowest BCUT2D eigenvalue weighted by Gasteiger charge is -2.19.